The third kappa shape index (κ3) is 4.74. The first kappa shape index (κ1) is 21.3. The second-order valence-electron chi connectivity index (χ2n) is 6.05. The molecule has 7 nitrogen and oxygen atoms in total. The van der Waals surface area contributed by atoms with Gasteiger partial charge < -0.3 is 19.6 Å². The average molecular weight is 437 g/mol. The molecule has 3 aromatic rings. The number of nitrogens with zero attached hydrogens (tertiary/aromatic N) is 1. The highest BCUT2D eigenvalue weighted by Gasteiger charge is 2.21. The maximum absolute atomic E-state index is 14.3. The minimum Gasteiger partial charge on any atom is -0.481 e. The Morgan fingerprint density at radius 1 is 1.13 bits per heavy atom. The van der Waals surface area contributed by atoms with E-state index in [1.807, 2.05) is 0 Å². The molecule has 30 heavy (non-hydrogen) atoms. The van der Waals surface area contributed by atoms with E-state index in [-0.39, 0.29) is 24.9 Å². The Bertz CT molecular complexity index is 1100. The van der Waals surface area contributed by atoms with Crippen LogP contribution in [0.3, 0.4) is 0 Å². The molecular weight excluding hydrogens is 422 g/mol. The zero-order chi connectivity index (χ0) is 21.8. The Kier molecular flexibility index (Phi) is 6.31. The van der Waals surface area contributed by atoms with Crippen LogP contribution < -0.4 is 10.5 Å². The molecule has 0 unspecified atom stereocenters. The van der Waals surface area contributed by atoms with E-state index in [1.54, 1.807) is 24.3 Å². The van der Waals surface area contributed by atoms with Crippen LogP contribution in [0.1, 0.15) is 28.9 Å². The van der Waals surface area contributed by atoms with Crippen molar-refractivity contribution < 1.29 is 32.3 Å². The second-order valence-corrected chi connectivity index (χ2v) is 6.49. The van der Waals surface area contributed by atoms with Crippen LogP contribution in [-0.4, -0.2) is 16.9 Å². The molecule has 3 rings (SSSR count). The molecule has 0 spiro atoms. The molecule has 0 saturated carbocycles. The lowest BCUT2D eigenvalue weighted by Gasteiger charge is -2.08. The number of primary amides is 1. The third-order valence-corrected chi connectivity index (χ3v) is 4.17. The summed E-state index contributed by atoms with van der Waals surface area (Å²) in [5.41, 5.74) is 5.10. The molecule has 0 radical (unpaired) electrons. The number of amides is 1. The summed E-state index contributed by atoms with van der Waals surface area (Å²) in [5, 5.41) is 0.518. The Labute approximate surface area is 174 Å². The van der Waals surface area contributed by atoms with Crippen molar-refractivity contribution in [3.63, 3.8) is 0 Å². The molecule has 0 bridgehead atoms. The number of benzene rings is 2. The molecule has 1 heterocycles. The highest BCUT2D eigenvalue weighted by Crippen LogP contribution is 2.28. The molecule has 156 valence electrons. The molecule has 0 atom stereocenters. The van der Waals surface area contributed by atoms with Crippen molar-refractivity contribution in [3.8, 4) is 17.0 Å². The van der Waals surface area contributed by atoms with Gasteiger partial charge in [0, 0.05) is 17.5 Å². The fourth-order valence-corrected chi connectivity index (χ4v) is 2.70. The second kappa shape index (κ2) is 8.91. The van der Waals surface area contributed by atoms with Crippen LogP contribution in [0.2, 0.25) is 5.02 Å². The molecular formula is C20H15ClF2N2O5. The monoisotopic (exact) mass is 436 g/mol. The normalized spacial score (nSPS) is 10.7. The van der Waals surface area contributed by atoms with Crippen LogP contribution in [0, 0.1) is 11.6 Å². The van der Waals surface area contributed by atoms with Gasteiger partial charge >= 0.3 is 5.97 Å². The Hall–Kier alpha value is -3.46. The molecule has 2 aromatic carbocycles. The first-order chi connectivity index (χ1) is 14.3. The van der Waals surface area contributed by atoms with Gasteiger partial charge in [-0.3, -0.25) is 9.59 Å². The van der Waals surface area contributed by atoms with Crippen molar-refractivity contribution >= 4 is 23.5 Å². The van der Waals surface area contributed by atoms with Crippen LogP contribution >= 0.6 is 11.6 Å². The summed E-state index contributed by atoms with van der Waals surface area (Å²) in [4.78, 5) is 26.7. The summed E-state index contributed by atoms with van der Waals surface area (Å²) in [6.45, 7) is 0.717. The van der Waals surface area contributed by atoms with Gasteiger partial charge in [0.05, 0.1) is 0 Å². The van der Waals surface area contributed by atoms with E-state index in [4.69, 9.17) is 31.2 Å². The van der Waals surface area contributed by atoms with Gasteiger partial charge in [0.15, 0.2) is 30.5 Å². The third-order valence-electron chi connectivity index (χ3n) is 3.92. The number of halogens is 3. The molecule has 0 aliphatic carbocycles. The predicted octanol–water partition coefficient (Wildman–Crippen LogP) is 4.01. The molecule has 10 heteroatoms. The first-order valence-electron chi connectivity index (χ1n) is 8.54. The summed E-state index contributed by atoms with van der Waals surface area (Å²) < 4.78 is 43.7. The summed E-state index contributed by atoms with van der Waals surface area (Å²) in [5.74, 6) is -4.24. The van der Waals surface area contributed by atoms with E-state index in [1.165, 1.54) is 6.92 Å². The fraction of sp³-hybridized carbons (Fsp3) is 0.150. The van der Waals surface area contributed by atoms with Crippen molar-refractivity contribution in [2.45, 2.75) is 20.1 Å². The van der Waals surface area contributed by atoms with Gasteiger partial charge in [0.1, 0.15) is 17.1 Å². The van der Waals surface area contributed by atoms with Crippen molar-refractivity contribution in [1.82, 2.24) is 4.98 Å². The van der Waals surface area contributed by atoms with E-state index >= 15 is 0 Å². The number of ether oxygens (including phenoxy) is 2. The summed E-state index contributed by atoms with van der Waals surface area (Å²) in [6, 6.07) is 8.56. The summed E-state index contributed by atoms with van der Waals surface area (Å²) >= 11 is 5.90. The number of hydrogen-bond acceptors (Lipinski definition) is 6. The smallest absolute Gasteiger partial charge is 0.303 e. The van der Waals surface area contributed by atoms with Crippen LogP contribution in [0.5, 0.6) is 5.75 Å². The maximum Gasteiger partial charge on any atom is 0.303 e. The SMILES string of the molecule is CC(=O)OCc1oc(COc2ccc(F)c(C(N)=O)c2F)nc1-c1ccc(Cl)cc1. The van der Waals surface area contributed by atoms with E-state index in [9.17, 15) is 18.4 Å². The molecule has 1 aromatic heterocycles. The van der Waals surface area contributed by atoms with Gasteiger partial charge in [0.25, 0.3) is 5.91 Å². The number of rotatable bonds is 7. The van der Waals surface area contributed by atoms with E-state index in [0.29, 0.717) is 16.3 Å². The van der Waals surface area contributed by atoms with E-state index < -0.39 is 34.8 Å². The number of carbonyl (C=O) groups excluding carboxylic acids is 2. The van der Waals surface area contributed by atoms with Gasteiger partial charge in [0.2, 0.25) is 5.89 Å². The molecule has 0 fully saturated rings. The zero-order valence-electron chi connectivity index (χ0n) is 15.6. The number of carbonyl (C=O) groups is 2. The predicted molar refractivity (Wildman–Crippen MR) is 102 cm³/mol. The molecule has 0 aliphatic heterocycles. The van der Waals surface area contributed by atoms with Crippen LogP contribution in [0.15, 0.2) is 40.8 Å². The quantitative estimate of drug-likeness (QED) is 0.561. The number of hydrogen-bond donors (Lipinski definition) is 1. The Morgan fingerprint density at radius 2 is 1.83 bits per heavy atom. The van der Waals surface area contributed by atoms with Crippen LogP contribution in [0.25, 0.3) is 11.3 Å². The number of nitrogens with two attached hydrogens (primary N) is 1. The summed E-state index contributed by atoms with van der Waals surface area (Å²) in [6.07, 6.45) is 0. The van der Waals surface area contributed by atoms with Gasteiger partial charge in [-0.15, -0.1) is 0 Å². The lowest BCUT2D eigenvalue weighted by molar-refractivity contribution is -0.142. The lowest BCUT2D eigenvalue weighted by Crippen LogP contribution is -2.16. The lowest BCUT2D eigenvalue weighted by atomic mass is 10.1. The zero-order valence-corrected chi connectivity index (χ0v) is 16.3. The van der Waals surface area contributed by atoms with Gasteiger partial charge in [-0.25, -0.2) is 13.8 Å². The van der Waals surface area contributed by atoms with Crippen molar-refractivity contribution in [1.29, 1.82) is 0 Å². The maximum atomic E-state index is 14.3. The molecule has 2 N–H and O–H groups in total. The van der Waals surface area contributed by atoms with E-state index in [0.717, 1.165) is 12.1 Å². The average Bonchev–Trinajstić information content (AvgIpc) is 3.09. The fourth-order valence-electron chi connectivity index (χ4n) is 2.57. The number of esters is 1. The van der Waals surface area contributed by atoms with Crippen LogP contribution in [0.4, 0.5) is 8.78 Å². The minimum atomic E-state index is -1.26. The summed E-state index contributed by atoms with van der Waals surface area (Å²) in [7, 11) is 0. The largest absolute Gasteiger partial charge is 0.481 e. The first-order valence-corrected chi connectivity index (χ1v) is 8.92. The van der Waals surface area contributed by atoms with Gasteiger partial charge in [-0.2, -0.15) is 0 Å². The van der Waals surface area contributed by atoms with Crippen molar-refractivity contribution in [2.24, 2.45) is 5.73 Å². The minimum absolute atomic E-state index is 0.0338. The van der Waals surface area contributed by atoms with Gasteiger partial charge in [-0.05, 0) is 24.3 Å². The number of oxazole rings is 1. The standard InChI is InChI=1S/C20H15ClF2N2O5/c1-10(26)28-8-15-19(11-2-4-12(21)5-3-11)25-16(30-15)9-29-14-7-6-13(22)17(18(14)23)20(24)27/h2-7H,8-9H2,1H3,(H2,24,27). The Balaban J connectivity index is 1.87. The van der Waals surface area contributed by atoms with Crippen molar-refractivity contribution in [2.75, 3.05) is 0 Å². The van der Waals surface area contributed by atoms with E-state index in [2.05, 4.69) is 4.98 Å². The molecule has 1 amide bonds. The molecule has 0 aliphatic rings. The highest BCUT2D eigenvalue weighted by atomic mass is 35.5. The topological polar surface area (TPSA) is 105 Å². The highest BCUT2D eigenvalue weighted by molar-refractivity contribution is 6.30. The molecule has 0 saturated heterocycles. The van der Waals surface area contributed by atoms with Gasteiger partial charge in [-0.1, -0.05) is 23.7 Å². The van der Waals surface area contributed by atoms with Crippen molar-refractivity contribution in [3.05, 3.63) is 70.3 Å². The number of aromatic nitrogens is 1. The Morgan fingerprint density at radius 3 is 2.47 bits per heavy atom. The van der Waals surface area contributed by atoms with Crippen LogP contribution in [-0.2, 0) is 22.7 Å².